The quantitative estimate of drug-likeness (QED) is 0.892. The fourth-order valence-electron chi connectivity index (χ4n) is 1.47. The number of anilines is 3. The number of rotatable bonds is 4. The van der Waals surface area contributed by atoms with E-state index in [2.05, 4.69) is 15.6 Å². The van der Waals surface area contributed by atoms with Crippen LogP contribution in [0.2, 0.25) is 5.02 Å². The van der Waals surface area contributed by atoms with Crippen molar-refractivity contribution in [2.24, 2.45) is 0 Å². The highest BCUT2D eigenvalue weighted by Crippen LogP contribution is 2.19. The van der Waals surface area contributed by atoms with Gasteiger partial charge in [-0.15, -0.1) is 0 Å². The molecule has 0 saturated carbocycles. The molecule has 1 amide bonds. The lowest BCUT2D eigenvalue weighted by atomic mass is 10.3. The van der Waals surface area contributed by atoms with E-state index in [0.717, 1.165) is 11.4 Å². The predicted octanol–water partition coefficient (Wildman–Crippen LogP) is 3.83. The van der Waals surface area contributed by atoms with Crippen molar-refractivity contribution in [3.63, 3.8) is 0 Å². The van der Waals surface area contributed by atoms with Gasteiger partial charge in [0.05, 0.1) is 11.9 Å². The van der Waals surface area contributed by atoms with Gasteiger partial charge >= 0.3 is 0 Å². The normalized spacial score (nSPS) is 10.0. The molecule has 0 atom stereocenters. The number of hydrogen-bond acceptors (Lipinski definition) is 3. The topological polar surface area (TPSA) is 54.0 Å². The first-order valence-electron chi connectivity index (χ1n) is 5.96. The third kappa shape index (κ3) is 3.96. The molecule has 0 unspecified atom stereocenters. The first-order chi connectivity index (χ1) is 9.17. The van der Waals surface area contributed by atoms with E-state index >= 15 is 0 Å². The molecule has 1 aromatic carbocycles. The maximum Gasteiger partial charge on any atom is 0.225 e. The van der Waals surface area contributed by atoms with E-state index in [0.29, 0.717) is 17.3 Å². The van der Waals surface area contributed by atoms with Gasteiger partial charge in [0.2, 0.25) is 5.91 Å². The number of hydrogen-bond donors (Lipinski definition) is 2. The van der Waals surface area contributed by atoms with Crippen LogP contribution in [-0.2, 0) is 4.79 Å². The summed E-state index contributed by atoms with van der Waals surface area (Å²) in [5, 5.41) is 6.58. The Morgan fingerprint density at radius 1 is 1.16 bits per heavy atom. The van der Waals surface area contributed by atoms with Crippen molar-refractivity contribution in [2.75, 3.05) is 10.6 Å². The highest BCUT2D eigenvalue weighted by atomic mass is 35.5. The molecule has 4 nitrogen and oxygen atoms in total. The molecule has 0 radical (unpaired) electrons. The number of pyridine rings is 1. The van der Waals surface area contributed by atoms with Gasteiger partial charge in [0.15, 0.2) is 0 Å². The fraction of sp³-hybridized carbons (Fsp3) is 0.143. The van der Waals surface area contributed by atoms with E-state index in [1.807, 2.05) is 30.3 Å². The van der Waals surface area contributed by atoms with Crippen molar-refractivity contribution in [1.29, 1.82) is 0 Å². The Hall–Kier alpha value is -2.07. The summed E-state index contributed by atoms with van der Waals surface area (Å²) in [5.74, 6) is 0.499. The van der Waals surface area contributed by atoms with Gasteiger partial charge in [0.1, 0.15) is 5.82 Å². The van der Waals surface area contributed by atoms with Crippen LogP contribution >= 0.6 is 11.6 Å². The molecule has 2 aromatic rings. The smallest absolute Gasteiger partial charge is 0.225 e. The second-order valence-corrected chi connectivity index (χ2v) is 4.40. The van der Waals surface area contributed by atoms with E-state index in [1.54, 1.807) is 19.2 Å². The van der Waals surface area contributed by atoms with E-state index in [1.165, 1.54) is 0 Å². The summed E-state index contributed by atoms with van der Waals surface area (Å²) in [5.41, 5.74) is 1.77. The molecule has 1 aromatic heterocycles. The van der Waals surface area contributed by atoms with Crippen LogP contribution in [0.1, 0.15) is 13.3 Å². The van der Waals surface area contributed by atoms with Gasteiger partial charge in [0, 0.05) is 17.1 Å². The predicted molar refractivity (Wildman–Crippen MR) is 77.9 cm³/mol. The number of benzene rings is 1. The molecule has 0 aliphatic heterocycles. The molecule has 98 valence electrons. The minimum atomic E-state index is -0.0501. The van der Waals surface area contributed by atoms with E-state index in [4.69, 9.17) is 11.6 Å². The van der Waals surface area contributed by atoms with Gasteiger partial charge in [-0.3, -0.25) is 4.79 Å². The maximum atomic E-state index is 11.2. The summed E-state index contributed by atoms with van der Waals surface area (Å²) in [6.07, 6.45) is 2.10. The number of aromatic nitrogens is 1. The minimum absolute atomic E-state index is 0.0501. The number of halogens is 1. The van der Waals surface area contributed by atoms with Crippen LogP contribution in [0, 0.1) is 0 Å². The van der Waals surface area contributed by atoms with Crippen molar-refractivity contribution in [2.45, 2.75) is 13.3 Å². The number of nitrogens with one attached hydrogen (secondary N) is 2. The average molecular weight is 276 g/mol. The van der Waals surface area contributed by atoms with Crippen LogP contribution in [-0.4, -0.2) is 10.9 Å². The molecule has 0 spiro atoms. The van der Waals surface area contributed by atoms with E-state index < -0.39 is 0 Å². The fourth-order valence-corrected chi connectivity index (χ4v) is 1.60. The molecule has 19 heavy (non-hydrogen) atoms. The number of carbonyl (C=O) groups excluding carboxylic acids is 1. The Morgan fingerprint density at radius 2 is 1.84 bits per heavy atom. The zero-order chi connectivity index (χ0) is 13.7. The van der Waals surface area contributed by atoms with Crippen molar-refractivity contribution in [1.82, 2.24) is 4.98 Å². The molecule has 0 aliphatic carbocycles. The molecular formula is C14H14ClN3O. The number of amides is 1. The molecular weight excluding hydrogens is 262 g/mol. The van der Waals surface area contributed by atoms with Crippen LogP contribution in [0.25, 0.3) is 0 Å². The second-order valence-electron chi connectivity index (χ2n) is 3.97. The van der Waals surface area contributed by atoms with Crippen LogP contribution in [0.3, 0.4) is 0 Å². The Kier molecular flexibility index (Phi) is 4.36. The summed E-state index contributed by atoms with van der Waals surface area (Å²) < 4.78 is 0. The van der Waals surface area contributed by atoms with Crippen molar-refractivity contribution >= 4 is 34.7 Å². The lowest BCUT2D eigenvalue weighted by Crippen LogP contribution is -2.10. The van der Waals surface area contributed by atoms with Gasteiger partial charge in [0.25, 0.3) is 0 Å². The Morgan fingerprint density at radius 3 is 2.42 bits per heavy atom. The van der Waals surface area contributed by atoms with Gasteiger partial charge in [-0.05, 0) is 36.4 Å². The van der Waals surface area contributed by atoms with Crippen LogP contribution in [0.4, 0.5) is 17.2 Å². The van der Waals surface area contributed by atoms with Crippen LogP contribution < -0.4 is 10.6 Å². The third-order valence-electron chi connectivity index (χ3n) is 2.48. The molecule has 0 bridgehead atoms. The third-order valence-corrected chi connectivity index (χ3v) is 2.74. The lowest BCUT2D eigenvalue weighted by molar-refractivity contribution is -0.115. The SMILES string of the molecule is CCC(=O)Nc1ccc(Nc2ccc(Cl)cc2)cn1. The van der Waals surface area contributed by atoms with Gasteiger partial charge < -0.3 is 10.6 Å². The zero-order valence-corrected chi connectivity index (χ0v) is 11.2. The molecule has 2 N–H and O–H groups in total. The highest BCUT2D eigenvalue weighted by Gasteiger charge is 2.00. The largest absolute Gasteiger partial charge is 0.354 e. The first-order valence-corrected chi connectivity index (χ1v) is 6.33. The zero-order valence-electron chi connectivity index (χ0n) is 10.5. The molecule has 0 saturated heterocycles. The van der Waals surface area contributed by atoms with Crippen LogP contribution in [0.15, 0.2) is 42.6 Å². The second kappa shape index (κ2) is 6.20. The average Bonchev–Trinajstić information content (AvgIpc) is 2.43. The summed E-state index contributed by atoms with van der Waals surface area (Å²) >= 11 is 5.82. The highest BCUT2D eigenvalue weighted by molar-refractivity contribution is 6.30. The molecule has 2 rings (SSSR count). The standard InChI is InChI=1S/C14H14ClN3O/c1-2-14(19)18-13-8-7-12(9-16-13)17-11-5-3-10(15)4-6-11/h3-9,17H,2H2,1H3,(H,16,18,19). The van der Waals surface area contributed by atoms with Crippen molar-refractivity contribution < 1.29 is 4.79 Å². The minimum Gasteiger partial charge on any atom is -0.354 e. The van der Waals surface area contributed by atoms with Crippen molar-refractivity contribution in [3.8, 4) is 0 Å². The Bertz CT molecular complexity index is 552. The number of nitrogens with zero attached hydrogens (tertiary/aromatic N) is 1. The summed E-state index contributed by atoms with van der Waals surface area (Å²) in [7, 11) is 0. The van der Waals surface area contributed by atoms with Gasteiger partial charge in [-0.1, -0.05) is 18.5 Å². The van der Waals surface area contributed by atoms with E-state index in [-0.39, 0.29) is 5.91 Å². The molecule has 1 heterocycles. The lowest BCUT2D eigenvalue weighted by Gasteiger charge is -2.07. The summed E-state index contributed by atoms with van der Waals surface area (Å²) in [6, 6.07) is 11.0. The molecule has 5 heteroatoms. The molecule has 0 fully saturated rings. The van der Waals surface area contributed by atoms with E-state index in [9.17, 15) is 4.79 Å². The number of carbonyl (C=O) groups is 1. The first kappa shape index (κ1) is 13.4. The summed E-state index contributed by atoms with van der Waals surface area (Å²) in [4.78, 5) is 15.4. The van der Waals surface area contributed by atoms with Gasteiger partial charge in [-0.2, -0.15) is 0 Å². The maximum absolute atomic E-state index is 11.2. The summed E-state index contributed by atoms with van der Waals surface area (Å²) in [6.45, 7) is 1.80. The monoisotopic (exact) mass is 275 g/mol. The van der Waals surface area contributed by atoms with Gasteiger partial charge in [-0.25, -0.2) is 4.98 Å². The Balaban J connectivity index is 2.02. The van der Waals surface area contributed by atoms with Crippen LogP contribution in [0.5, 0.6) is 0 Å². The van der Waals surface area contributed by atoms with Crippen molar-refractivity contribution in [3.05, 3.63) is 47.6 Å². The Labute approximate surface area is 116 Å². The molecule has 0 aliphatic rings.